The van der Waals surface area contributed by atoms with Crippen molar-refractivity contribution in [3.63, 3.8) is 0 Å². The van der Waals surface area contributed by atoms with Crippen molar-refractivity contribution < 1.29 is 28.5 Å². The molecule has 388 valence electrons. The summed E-state index contributed by atoms with van der Waals surface area (Å²) in [4.78, 5) is 39.3. The smallest absolute Gasteiger partial charge is 0.338 e. The highest BCUT2D eigenvalue weighted by atomic mass is 16.5. The minimum atomic E-state index is -0.324. The number of unbranched alkanes of at least 4 members (excludes halogenated alkanes) is 14. The first-order valence-electron chi connectivity index (χ1n) is 26.0. The van der Waals surface area contributed by atoms with E-state index >= 15 is 0 Å². The Kier molecular flexibility index (Phi) is 24.2. The van der Waals surface area contributed by atoms with E-state index in [1.54, 1.807) is 62.8 Å². The molecule has 0 spiro atoms. The van der Waals surface area contributed by atoms with Crippen LogP contribution in [0.15, 0.2) is 148 Å². The number of hydrogen-bond donors (Lipinski definition) is 2. The third kappa shape index (κ3) is 20.4. The van der Waals surface area contributed by atoms with Crippen molar-refractivity contribution in [2.24, 2.45) is 20.5 Å². The summed E-state index contributed by atoms with van der Waals surface area (Å²) in [5.41, 5.74) is 5.70. The van der Waals surface area contributed by atoms with E-state index in [1.807, 2.05) is 78.9 Å². The molecule has 0 aliphatic rings. The molecule has 0 amide bonds. The van der Waals surface area contributed by atoms with Crippen molar-refractivity contribution in [2.45, 2.75) is 103 Å². The first kappa shape index (κ1) is 55.5. The van der Waals surface area contributed by atoms with E-state index in [1.165, 1.54) is 12.8 Å². The maximum absolute atomic E-state index is 12.5. The van der Waals surface area contributed by atoms with E-state index in [4.69, 9.17) is 33.9 Å². The van der Waals surface area contributed by atoms with Gasteiger partial charge in [0.2, 0.25) is 11.9 Å². The van der Waals surface area contributed by atoms with Gasteiger partial charge in [-0.1, -0.05) is 114 Å². The molecule has 6 aromatic rings. The minimum Gasteiger partial charge on any atom is -0.497 e. The van der Waals surface area contributed by atoms with Crippen LogP contribution in [-0.2, 0) is 9.47 Å². The van der Waals surface area contributed by atoms with Crippen molar-refractivity contribution in [2.75, 3.05) is 51.2 Å². The van der Waals surface area contributed by atoms with Crippen LogP contribution in [-0.4, -0.2) is 67.4 Å². The van der Waals surface area contributed by atoms with Gasteiger partial charge in [0.05, 0.1) is 61.3 Å². The molecule has 15 nitrogen and oxygen atoms in total. The molecule has 0 saturated carbocycles. The van der Waals surface area contributed by atoms with Crippen LogP contribution in [0.2, 0.25) is 0 Å². The molecule has 15 heteroatoms. The molecule has 2 N–H and O–H groups in total. The third-order valence-corrected chi connectivity index (χ3v) is 12.1. The van der Waals surface area contributed by atoms with Gasteiger partial charge in [-0.15, -0.1) is 0 Å². The number of hydrogen-bond acceptors (Lipinski definition) is 15. The van der Waals surface area contributed by atoms with Gasteiger partial charge in [-0.25, -0.2) is 9.59 Å². The number of nitrogens with zero attached hydrogens (tertiary/aromatic N) is 7. The lowest BCUT2D eigenvalue weighted by Gasteiger charge is -2.11. The third-order valence-electron chi connectivity index (χ3n) is 12.1. The topological polar surface area (TPSA) is 183 Å². The zero-order valence-corrected chi connectivity index (χ0v) is 43.1. The minimum absolute atomic E-state index is 0.324. The first-order chi connectivity index (χ1) is 36.4. The van der Waals surface area contributed by atoms with Gasteiger partial charge in [0.1, 0.15) is 11.5 Å². The molecule has 0 saturated heterocycles. The average Bonchev–Trinajstić information content (AvgIpc) is 3.44. The molecular formula is C59H71N9O6. The number of methoxy groups -OCH3 is 2. The van der Waals surface area contributed by atoms with Crippen molar-refractivity contribution in [1.82, 2.24) is 15.0 Å². The van der Waals surface area contributed by atoms with Crippen LogP contribution in [0.4, 0.5) is 34.6 Å². The summed E-state index contributed by atoms with van der Waals surface area (Å²) in [6.07, 6.45) is 19.1. The number of esters is 2. The first-order valence-corrected chi connectivity index (χ1v) is 26.0. The number of azo groups is 2. The lowest BCUT2D eigenvalue weighted by Crippen LogP contribution is -2.12. The van der Waals surface area contributed by atoms with Gasteiger partial charge in [0, 0.05) is 18.7 Å². The molecule has 1 heterocycles. The van der Waals surface area contributed by atoms with Gasteiger partial charge in [-0.05, 0) is 128 Å². The van der Waals surface area contributed by atoms with Crippen molar-refractivity contribution in [1.29, 1.82) is 0 Å². The fourth-order valence-corrected chi connectivity index (χ4v) is 7.76. The Morgan fingerprint density at radius 2 is 0.784 bits per heavy atom. The number of anilines is 2. The van der Waals surface area contributed by atoms with E-state index in [9.17, 15) is 9.59 Å². The van der Waals surface area contributed by atoms with Crippen LogP contribution in [0, 0.1) is 0 Å². The van der Waals surface area contributed by atoms with Gasteiger partial charge in [-0.3, -0.25) is 0 Å². The second-order valence-electron chi connectivity index (χ2n) is 17.8. The zero-order valence-electron chi connectivity index (χ0n) is 43.1. The number of rotatable bonds is 34. The molecular weight excluding hydrogens is 931 g/mol. The Morgan fingerprint density at radius 1 is 0.446 bits per heavy atom. The monoisotopic (exact) mass is 1000 g/mol. The number of ether oxygens (including phenoxy) is 4. The fourth-order valence-electron chi connectivity index (χ4n) is 7.76. The summed E-state index contributed by atoms with van der Waals surface area (Å²) in [6, 6.07) is 36.6. The predicted molar refractivity (Wildman–Crippen MR) is 294 cm³/mol. The molecule has 0 bridgehead atoms. The Balaban J connectivity index is 0.780. The normalized spacial score (nSPS) is 11.2. The van der Waals surface area contributed by atoms with Crippen LogP contribution in [0.3, 0.4) is 0 Å². The van der Waals surface area contributed by atoms with E-state index < -0.39 is 0 Å². The Bertz CT molecular complexity index is 2490. The molecule has 1 aromatic heterocycles. The molecule has 6 rings (SSSR count). The summed E-state index contributed by atoms with van der Waals surface area (Å²) in [5.74, 6) is 2.64. The van der Waals surface area contributed by atoms with Crippen LogP contribution in [0.25, 0.3) is 17.5 Å². The summed E-state index contributed by atoms with van der Waals surface area (Å²) in [7, 11) is 3.24. The van der Waals surface area contributed by atoms with Gasteiger partial charge in [-0.2, -0.15) is 35.4 Å². The number of carbonyl (C=O) groups excluding carboxylic acids is 2. The molecule has 0 aliphatic heterocycles. The predicted octanol–water partition coefficient (Wildman–Crippen LogP) is 15.8. The molecule has 74 heavy (non-hydrogen) atoms. The average molecular weight is 1000 g/mol. The fraction of sp³-hybridized carbons (Fsp3) is 0.373. The van der Waals surface area contributed by atoms with Crippen molar-refractivity contribution in [3.8, 4) is 22.9 Å². The highest BCUT2D eigenvalue weighted by Gasteiger charge is 2.11. The number of benzene rings is 5. The molecule has 5 aromatic carbocycles. The maximum atomic E-state index is 12.5. The van der Waals surface area contributed by atoms with E-state index in [2.05, 4.69) is 37.7 Å². The highest BCUT2D eigenvalue weighted by Crippen LogP contribution is 2.25. The molecule has 0 fully saturated rings. The van der Waals surface area contributed by atoms with E-state index in [0.29, 0.717) is 64.8 Å². The SMILES string of the molecule is C=Cc1ccc(-c2nc(NCCCCCCCCCCOC(=O)c3ccc(N=Nc4ccc(OC)cc4)cc3)nc(NCCCCCCCCCCOC(=O)c3ccc(N=Nc4ccc(OC)cc4)cc3)n2)cc1. The molecule has 0 unspecified atom stereocenters. The van der Waals surface area contributed by atoms with Gasteiger partial charge < -0.3 is 29.6 Å². The van der Waals surface area contributed by atoms with E-state index in [-0.39, 0.29) is 11.9 Å². The Hall–Kier alpha value is -7.81. The summed E-state index contributed by atoms with van der Waals surface area (Å²) < 4.78 is 21.4. The standard InChI is InChI=1S/C59H71N9O6/c1-4-45-21-23-46(24-22-45)55-62-58(60-41-17-13-9-5-7-11-15-19-43-73-56(69)47-25-29-49(30-26-47)65-67-51-33-37-53(71-2)38-34-51)64-59(63-55)61-42-18-14-10-6-8-12-16-20-44-74-57(70)48-27-31-50(32-28-48)66-68-52-35-39-54(72-3)40-36-52/h4,21-40H,1,5-20,41-44H2,2-3H3,(H2,60,61,62,63,64). The lowest BCUT2D eigenvalue weighted by atomic mass is 10.1. The van der Waals surface area contributed by atoms with E-state index in [0.717, 1.165) is 126 Å². The molecule has 0 aliphatic carbocycles. The maximum Gasteiger partial charge on any atom is 0.338 e. The van der Waals surface area contributed by atoms with Crippen LogP contribution in [0.5, 0.6) is 11.5 Å². The van der Waals surface area contributed by atoms with Crippen molar-refractivity contribution in [3.05, 3.63) is 145 Å². The second kappa shape index (κ2) is 32.3. The number of aromatic nitrogens is 3. The summed E-state index contributed by atoms with van der Waals surface area (Å²) in [6.45, 7) is 6.26. The van der Waals surface area contributed by atoms with Crippen molar-refractivity contribution >= 4 is 52.7 Å². The molecule has 0 radical (unpaired) electrons. The quantitative estimate of drug-likeness (QED) is 0.0223. The number of carbonyl (C=O) groups is 2. The lowest BCUT2D eigenvalue weighted by molar-refractivity contribution is 0.0488. The van der Waals surface area contributed by atoms with Crippen LogP contribution < -0.4 is 20.1 Å². The second-order valence-corrected chi connectivity index (χ2v) is 17.8. The highest BCUT2D eigenvalue weighted by molar-refractivity contribution is 5.90. The largest absolute Gasteiger partial charge is 0.497 e. The van der Waals surface area contributed by atoms with Crippen LogP contribution >= 0.6 is 0 Å². The zero-order chi connectivity index (χ0) is 51.8. The Labute approximate surface area is 436 Å². The van der Waals surface area contributed by atoms with Crippen LogP contribution in [0.1, 0.15) is 129 Å². The summed E-state index contributed by atoms with van der Waals surface area (Å²) in [5, 5.41) is 23.8. The van der Waals surface area contributed by atoms with Gasteiger partial charge in [0.15, 0.2) is 5.82 Å². The molecule has 0 atom stereocenters. The van der Waals surface area contributed by atoms with Gasteiger partial charge in [0.25, 0.3) is 0 Å². The van der Waals surface area contributed by atoms with Gasteiger partial charge >= 0.3 is 11.9 Å². The Morgan fingerprint density at radius 3 is 1.14 bits per heavy atom. The number of nitrogens with one attached hydrogen (secondary N) is 2. The summed E-state index contributed by atoms with van der Waals surface area (Å²) >= 11 is 0.